The fourth-order valence-corrected chi connectivity index (χ4v) is 2.10. The summed E-state index contributed by atoms with van der Waals surface area (Å²) in [6.45, 7) is 2.56. The van der Waals surface area contributed by atoms with Gasteiger partial charge in [0.1, 0.15) is 18.2 Å². The molecule has 0 radical (unpaired) electrons. The first kappa shape index (κ1) is 14.7. The number of carboxylic acid groups (broad SMARTS) is 1. The molecular weight excluding hydrogens is 280 g/mol. The first-order valence-electron chi connectivity index (χ1n) is 6.19. The summed E-state index contributed by atoms with van der Waals surface area (Å²) in [5.74, 6) is -2.51. The van der Waals surface area contributed by atoms with Crippen LogP contribution in [-0.4, -0.2) is 57.1 Å². The molecule has 2 amide bonds. The van der Waals surface area contributed by atoms with Gasteiger partial charge in [0.05, 0.1) is 5.69 Å². The van der Waals surface area contributed by atoms with E-state index in [0.29, 0.717) is 11.3 Å². The summed E-state index contributed by atoms with van der Waals surface area (Å²) in [6.07, 6.45) is 0. The predicted molar refractivity (Wildman–Crippen MR) is 69.8 cm³/mol. The van der Waals surface area contributed by atoms with Crippen LogP contribution in [0.15, 0.2) is 4.79 Å². The first-order valence-corrected chi connectivity index (χ1v) is 6.19. The highest BCUT2D eigenvalue weighted by molar-refractivity contribution is 6.00. The molecule has 3 N–H and O–H groups in total. The Labute approximate surface area is 119 Å². The van der Waals surface area contributed by atoms with Crippen molar-refractivity contribution in [3.8, 4) is 0 Å². The number of carbonyl (C=O) groups is 3. The van der Waals surface area contributed by atoms with Crippen LogP contribution in [0.4, 0.5) is 0 Å². The number of nitrogens with one attached hydrogen (secondary N) is 2. The van der Waals surface area contributed by atoms with Crippen LogP contribution in [0.1, 0.15) is 21.6 Å². The molecule has 1 unspecified atom stereocenters. The maximum Gasteiger partial charge on any atom is 0.328 e. The van der Waals surface area contributed by atoms with E-state index >= 15 is 0 Å². The minimum absolute atomic E-state index is 0.191. The maximum absolute atomic E-state index is 12.5. The van der Waals surface area contributed by atoms with Crippen molar-refractivity contribution in [3.63, 3.8) is 0 Å². The standard InChI is InChI=1S/C12H14N4O5/c1-5-6(2)14-15-10(18)9(5)11(19)16-4-8(17)13-3-7(16)12(20)21/h7H,3-4H2,1-2H3,(H,13,17)(H,15,18)(H,20,21). The van der Waals surface area contributed by atoms with E-state index in [-0.39, 0.29) is 12.1 Å². The van der Waals surface area contributed by atoms with Crippen LogP contribution >= 0.6 is 0 Å². The molecule has 1 aliphatic rings. The van der Waals surface area contributed by atoms with Gasteiger partial charge in [-0.1, -0.05) is 0 Å². The fourth-order valence-electron chi connectivity index (χ4n) is 2.10. The Bertz CT molecular complexity index is 681. The molecule has 1 fully saturated rings. The van der Waals surface area contributed by atoms with Crippen LogP contribution in [0.3, 0.4) is 0 Å². The van der Waals surface area contributed by atoms with Crippen molar-refractivity contribution in [2.75, 3.05) is 13.1 Å². The number of H-pyrrole nitrogens is 1. The van der Waals surface area contributed by atoms with E-state index in [2.05, 4.69) is 15.5 Å². The second kappa shape index (κ2) is 5.35. The molecule has 1 aromatic rings. The Balaban J connectivity index is 2.47. The first-order chi connectivity index (χ1) is 9.82. The van der Waals surface area contributed by atoms with Crippen molar-refractivity contribution in [2.24, 2.45) is 0 Å². The molecule has 0 saturated carbocycles. The Morgan fingerprint density at radius 1 is 1.33 bits per heavy atom. The number of aryl methyl sites for hydroxylation is 1. The molecule has 0 aromatic carbocycles. The molecule has 1 atom stereocenters. The molecule has 1 aliphatic heterocycles. The van der Waals surface area contributed by atoms with E-state index in [1.807, 2.05) is 0 Å². The highest BCUT2D eigenvalue weighted by Crippen LogP contribution is 2.13. The van der Waals surface area contributed by atoms with Gasteiger partial charge in [0, 0.05) is 6.54 Å². The second-order valence-corrected chi connectivity index (χ2v) is 4.73. The van der Waals surface area contributed by atoms with Gasteiger partial charge in [-0.15, -0.1) is 0 Å². The molecule has 2 rings (SSSR count). The Morgan fingerprint density at radius 2 is 2.00 bits per heavy atom. The highest BCUT2D eigenvalue weighted by Gasteiger charge is 2.37. The molecule has 2 heterocycles. The number of nitrogens with zero attached hydrogens (tertiary/aromatic N) is 2. The van der Waals surface area contributed by atoms with Crippen molar-refractivity contribution in [3.05, 3.63) is 27.2 Å². The number of hydrogen-bond acceptors (Lipinski definition) is 5. The number of aromatic nitrogens is 2. The number of aliphatic carboxylic acids is 1. The molecule has 9 nitrogen and oxygen atoms in total. The molecule has 9 heteroatoms. The van der Waals surface area contributed by atoms with Crippen molar-refractivity contribution in [1.29, 1.82) is 0 Å². The molecule has 1 aromatic heterocycles. The minimum atomic E-state index is -1.25. The number of piperazine rings is 1. The number of hydrogen-bond donors (Lipinski definition) is 3. The average molecular weight is 294 g/mol. The van der Waals surface area contributed by atoms with Crippen molar-refractivity contribution >= 4 is 17.8 Å². The lowest BCUT2D eigenvalue weighted by atomic mass is 10.1. The third-order valence-corrected chi connectivity index (χ3v) is 3.41. The Kier molecular flexibility index (Phi) is 3.74. The predicted octanol–water partition coefficient (Wildman–Crippen LogP) is -1.59. The molecule has 0 aliphatic carbocycles. The van der Waals surface area contributed by atoms with Gasteiger partial charge in [0.25, 0.3) is 11.5 Å². The number of amides is 2. The molecule has 0 bridgehead atoms. The average Bonchev–Trinajstić information content (AvgIpc) is 2.42. The molecule has 112 valence electrons. The molecule has 21 heavy (non-hydrogen) atoms. The lowest BCUT2D eigenvalue weighted by Crippen LogP contribution is -2.59. The second-order valence-electron chi connectivity index (χ2n) is 4.73. The summed E-state index contributed by atoms with van der Waals surface area (Å²) in [7, 11) is 0. The van der Waals surface area contributed by atoms with E-state index in [9.17, 15) is 19.2 Å². The van der Waals surface area contributed by atoms with E-state index in [1.165, 1.54) is 0 Å². The lowest BCUT2D eigenvalue weighted by molar-refractivity contribution is -0.144. The van der Waals surface area contributed by atoms with Gasteiger partial charge in [-0.3, -0.25) is 14.4 Å². The van der Waals surface area contributed by atoms with Gasteiger partial charge in [-0.2, -0.15) is 5.10 Å². The van der Waals surface area contributed by atoms with Gasteiger partial charge < -0.3 is 15.3 Å². The summed E-state index contributed by atoms with van der Waals surface area (Å²) in [5, 5.41) is 17.4. The summed E-state index contributed by atoms with van der Waals surface area (Å²) in [4.78, 5) is 47.8. The third-order valence-electron chi connectivity index (χ3n) is 3.41. The summed E-state index contributed by atoms with van der Waals surface area (Å²) < 4.78 is 0. The number of carboxylic acids is 1. The largest absolute Gasteiger partial charge is 0.480 e. The zero-order valence-electron chi connectivity index (χ0n) is 11.5. The fraction of sp³-hybridized carbons (Fsp3) is 0.417. The van der Waals surface area contributed by atoms with Gasteiger partial charge in [0.2, 0.25) is 5.91 Å². The van der Waals surface area contributed by atoms with Crippen LogP contribution in [0, 0.1) is 13.8 Å². The van der Waals surface area contributed by atoms with Crippen molar-refractivity contribution in [1.82, 2.24) is 20.4 Å². The van der Waals surface area contributed by atoms with Gasteiger partial charge in [0.15, 0.2) is 0 Å². The Morgan fingerprint density at radius 3 is 2.62 bits per heavy atom. The van der Waals surface area contributed by atoms with E-state index < -0.39 is 35.9 Å². The highest BCUT2D eigenvalue weighted by atomic mass is 16.4. The third kappa shape index (κ3) is 2.62. The minimum Gasteiger partial charge on any atom is -0.480 e. The summed E-state index contributed by atoms with van der Waals surface area (Å²) in [5.41, 5.74) is -0.0909. The maximum atomic E-state index is 12.5. The zero-order valence-corrected chi connectivity index (χ0v) is 11.5. The lowest BCUT2D eigenvalue weighted by Gasteiger charge is -2.32. The van der Waals surface area contributed by atoms with Gasteiger partial charge in [-0.25, -0.2) is 9.89 Å². The van der Waals surface area contributed by atoms with E-state index in [4.69, 9.17) is 5.11 Å². The molecule has 0 spiro atoms. The summed E-state index contributed by atoms with van der Waals surface area (Å²) in [6, 6.07) is -1.21. The SMILES string of the molecule is Cc1n[nH]c(=O)c(C(=O)N2CC(=O)NCC2C(=O)O)c1C. The van der Waals surface area contributed by atoms with Gasteiger partial charge >= 0.3 is 5.97 Å². The van der Waals surface area contributed by atoms with Crippen LogP contribution in [0.2, 0.25) is 0 Å². The monoisotopic (exact) mass is 294 g/mol. The summed E-state index contributed by atoms with van der Waals surface area (Å²) >= 11 is 0. The zero-order chi connectivity index (χ0) is 15.7. The van der Waals surface area contributed by atoms with Crippen molar-refractivity contribution < 1.29 is 19.5 Å². The molecule has 1 saturated heterocycles. The number of rotatable bonds is 2. The quantitative estimate of drug-likeness (QED) is 0.602. The van der Waals surface area contributed by atoms with Gasteiger partial charge in [-0.05, 0) is 19.4 Å². The van der Waals surface area contributed by atoms with Crippen molar-refractivity contribution in [2.45, 2.75) is 19.9 Å². The Hall–Kier alpha value is -2.71. The topological polar surface area (TPSA) is 132 Å². The van der Waals surface area contributed by atoms with Crippen LogP contribution < -0.4 is 10.9 Å². The van der Waals surface area contributed by atoms with Crippen LogP contribution in [0.5, 0.6) is 0 Å². The molecular formula is C12H14N4O5. The van der Waals surface area contributed by atoms with E-state index in [1.54, 1.807) is 13.8 Å². The van der Waals surface area contributed by atoms with E-state index in [0.717, 1.165) is 4.90 Å². The normalized spacial score (nSPS) is 18.3. The smallest absolute Gasteiger partial charge is 0.328 e. The number of carbonyl (C=O) groups excluding carboxylic acids is 2. The van der Waals surface area contributed by atoms with Crippen LogP contribution in [0.25, 0.3) is 0 Å². The number of aromatic amines is 1. The van der Waals surface area contributed by atoms with Crippen LogP contribution in [-0.2, 0) is 9.59 Å².